The SMILES string of the molecule is CCOc1ccc(-n2c(SCC(=O)NC3CCCCC3)nnc2-c2ccccc2Cl)cc1. The van der Waals surface area contributed by atoms with Crippen molar-refractivity contribution in [3.63, 3.8) is 0 Å². The largest absolute Gasteiger partial charge is 0.494 e. The van der Waals surface area contributed by atoms with Gasteiger partial charge in [0.2, 0.25) is 5.91 Å². The van der Waals surface area contributed by atoms with Crippen LogP contribution in [0.5, 0.6) is 5.75 Å². The van der Waals surface area contributed by atoms with Gasteiger partial charge in [0.1, 0.15) is 5.75 Å². The Labute approximate surface area is 197 Å². The molecule has 0 spiro atoms. The number of nitrogens with zero attached hydrogens (tertiary/aromatic N) is 3. The van der Waals surface area contributed by atoms with E-state index >= 15 is 0 Å². The highest BCUT2D eigenvalue weighted by molar-refractivity contribution is 7.99. The number of aromatic nitrogens is 3. The first-order valence-electron chi connectivity index (χ1n) is 11.0. The fraction of sp³-hybridized carbons (Fsp3) is 0.375. The van der Waals surface area contributed by atoms with Gasteiger partial charge in [-0.2, -0.15) is 0 Å². The molecule has 1 aromatic heterocycles. The predicted octanol–water partition coefficient (Wildman–Crippen LogP) is 5.53. The van der Waals surface area contributed by atoms with E-state index in [1.54, 1.807) is 0 Å². The number of benzene rings is 2. The van der Waals surface area contributed by atoms with Gasteiger partial charge in [0.25, 0.3) is 0 Å². The molecule has 1 aliphatic rings. The summed E-state index contributed by atoms with van der Waals surface area (Å²) in [4.78, 5) is 12.6. The number of amides is 1. The molecule has 1 N–H and O–H groups in total. The van der Waals surface area contributed by atoms with Gasteiger partial charge < -0.3 is 10.1 Å². The number of hydrogen-bond acceptors (Lipinski definition) is 5. The second kappa shape index (κ2) is 10.9. The van der Waals surface area contributed by atoms with Crippen LogP contribution < -0.4 is 10.1 Å². The van der Waals surface area contributed by atoms with Crippen LogP contribution in [0.2, 0.25) is 5.02 Å². The van der Waals surface area contributed by atoms with E-state index in [0.717, 1.165) is 29.8 Å². The van der Waals surface area contributed by atoms with Crippen molar-refractivity contribution < 1.29 is 9.53 Å². The Bertz CT molecular complexity index is 1050. The van der Waals surface area contributed by atoms with Crippen molar-refractivity contribution in [2.75, 3.05) is 12.4 Å². The fourth-order valence-corrected chi connectivity index (χ4v) is 4.90. The topological polar surface area (TPSA) is 69.0 Å². The summed E-state index contributed by atoms with van der Waals surface area (Å²) in [5.41, 5.74) is 1.66. The molecule has 1 amide bonds. The molecule has 0 unspecified atom stereocenters. The maximum absolute atomic E-state index is 12.6. The Morgan fingerprint density at radius 3 is 2.59 bits per heavy atom. The van der Waals surface area contributed by atoms with Crippen LogP contribution in [0.1, 0.15) is 39.0 Å². The number of ether oxygens (including phenoxy) is 1. The third-order valence-electron chi connectivity index (χ3n) is 5.46. The molecule has 32 heavy (non-hydrogen) atoms. The van der Waals surface area contributed by atoms with Crippen molar-refractivity contribution in [3.05, 3.63) is 53.6 Å². The minimum atomic E-state index is 0.0300. The quantitative estimate of drug-likeness (QED) is 0.438. The molecular formula is C24H27ClN4O2S. The van der Waals surface area contributed by atoms with Crippen molar-refractivity contribution in [1.29, 1.82) is 0 Å². The Morgan fingerprint density at radius 2 is 1.88 bits per heavy atom. The first-order chi connectivity index (χ1) is 15.7. The summed E-state index contributed by atoms with van der Waals surface area (Å²) < 4.78 is 7.51. The van der Waals surface area contributed by atoms with Gasteiger partial charge >= 0.3 is 0 Å². The van der Waals surface area contributed by atoms with Crippen LogP contribution in [0.15, 0.2) is 53.7 Å². The predicted molar refractivity (Wildman–Crippen MR) is 129 cm³/mol. The zero-order valence-corrected chi connectivity index (χ0v) is 19.7. The van der Waals surface area contributed by atoms with Crippen molar-refractivity contribution in [2.45, 2.75) is 50.2 Å². The first kappa shape index (κ1) is 22.7. The number of rotatable bonds is 8. The molecule has 0 radical (unpaired) electrons. The normalized spacial score (nSPS) is 14.3. The van der Waals surface area contributed by atoms with Gasteiger partial charge in [-0.3, -0.25) is 9.36 Å². The summed E-state index contributed by atoms with van der Waals surface area (Å²) in [5.74, 6) is 1.75. The second-order valence-electron chi connectivity index (χ2n) is 7.74. The molecule has 1 saturated carbocycles. The zero-order valence-electron chi connectivity index (χ0n) is 18.1. The third-order valence-corrected chi connectivity index (χ3v) is 6.72. The van der Waals surface area contributed by atoms with Crippen LogP contribution in [-0.4, -0.2) is 39.1 Å². The van der Waals surface area contributed by atoms with Crippen LogP contribution in [0, 0.1) is 0 Å². The molecule has 0 aliphatic heterocycles. The number of halogens is 1. The summed E-state index contributed by atoms with van der Waals surface area (Å²) >= 11 is 7.84. The molecule has 1 heterocycles. The molecule has 1 aliphatic carbocycles. The Hall–Kier alpha value is -2.51. The minimum Gasteiger partial charge on any atom is -0.494 e. The van der Waals surface area contributed by atoms with Crippen LogP contribution in [0.3, 0.4) is 0 Å². The smallest absolute Gasteiger partial charge is 0.230 e. The standard InChI is InChI=1S/C24H27ClN4O2S/c1-2-31-19-14-12-18(13-15-19)29-23(20-10-6-7-11-21(20)25)27-28-24(29)32-16-22(30)26-17-8-4-3-5-9-17/h6-7,10-15,17H,2-5,8-9,16H2,1H3,(H,26,30). The Morgan fingerprint density at radius 1 is 1.12 bits per heavy atom. The van der Waals surface area contributed by atoms with E-state index in [1.165, 1.54) is 31.0 Å². The van der Waals surface area contributed by atoms with E-state index in [1.807, 2.05) is 60.0 Å². The van der Waals surface area contributed by atoms with Gasteiger partial charge in [-0.25, -0.2) is 0 Å². The number of hydrogen-bond donors (Lipinski definition) is 1. The molecule has 2 aromatic carbocycles. The van der Waals surface area contributed by atoms with Crippen LogP contribution in [0.4, 0.5) is 0 Å². The summed E-state index contributed by atoms with van der Waals surface area (Å²) in [5, 5.41) is 13.2. The van der Waals surface area contributed by atoms with Gasteiger partial charge in [-0.15, -0.1) is 10.2 Å². The van der Waals surface area contributed by atoms with Crippen LogP contribution in [-0.2, 0) is 4.79 Å². The number of carbonyl (C=O) groups excluding carboxylic acids is 1. The van der Waals surface area contributed by atoms with E-state index in [0.29, 0.717) is 28.7 Å². The lowest BCUT2D eigenvalue weighted by molar-refractivity contribution is -0.119. The number of thioether (sulfide) groups is 1. The summed E-state index contributed by atoms with van der Waals surface area (Å²) in [6.07, 6.45) is 5.76. The highest BCUT2D eigenvalue weighted by Gasteiger charge is 2.20. The molecule has 4 rings (SSSR count). The van der Waals surface area contributed by atoms with Crippen LogP contribution >= 0.6 is 23.4 Å². The molecule has 0 bridgehead atoms. The van der Waals surface area contributed by atoms with Gasteiger partial charge in [0, 0.05) is 17.3 Å². The molecule has 1 fully saturated rings. The highest BCUT2D eigenvalue weighted by atomic mass is 35.5. The maximum Gasteiger partial charge on any atom is 0.230 e. The minimum absolute atomic E-state index is 0.0300. The van der Waals surface area contributed by atoms with Crippen molar-refractivity contribution in [3.8, 4) is 22.8 Å². The molecule has 8 heteroatoms. The molecule has 3 aromatic rings. The first-order valence-corrected chi connectivity index (χ1v) is 12.4. The lowest BCUT2D eigenvalue weighted by Crippen LogP contribution is -2.37. The molecule has 0 saturated heterocycles. The summed E-state index contributed by atoms with van der Waals surface area (Å²) in [6.45, 7) is 2.56. The van der Waals surface area contributed by atoms with Gasteiger partial charge in [0.15, 0.2) is 11.0 Å². The molecule has 168 valence electrons. The third kappa shape index (κ3) is 5.45. The summed E-state index contributed by atoms with van der Waals surface area (Å²) in [7, 11) is 0. The van der Waals surface area contributed by atoms with Crippen molar-refractivity contribution in [2.24, 2.45) is 0 Å². The average Bonchev–Trinajstić information content (AvgIpc) is 3.23. The molecule has 0 atom stereocenters. The number of nitrogens with one attached hydrogen (secondary N) is 1. The monoisotopic (exact) mass is 470 g/mol. The van der Waals surface area contributed by atoms with E-state index in [-0.39, 0.29) is 11.7 Å². The number of carbonyl (C=O) groups is 1. The molecular weight excluding hydrogens is 444 g/mol. The van der Waals surface area contributed by atoms with Gasteiger partial charge in [0.05, 0.1) is 17.4 Å². The van der Waals surface area contributed by atoms with Gasteiger partial charge in [-0.1, -0.05) is 54.8 Å². The van der Waals surface area contributed by atoms with Gasteiger partial charge in [-0.05, 0) is 56.2 Å². The second-order valence-corrected chi connectivity index (χ2v) is 9.09. The van der Waals surface area contributed by atoms with Crippen LogP contribution in [0.25, 0.3) is 17.1 Å². The molecule has 6 nitrogen and oxygen atoms in total. The lowest BCUT2D eigenvalue weighted by atomic mass is 9.95. The van der Waals surface area contributed by atoms with Crippen molar-refractivity contribution >= 4 is 29.3 Å². The Kier molecular flexibility index (Phi) is 7.71. The van der Waals surface area contributed by atoms with Crippen molar-refractivity contribution in [1.82, 2.24) is 20.1 Å². The Balaban J connectivity index is 1.59. The van der Waals surface area contributed by atoms with E-state index < -0.39 is 0 Å². The zero-order chi connectivity index (χ0) is 22.3. The average molecular weight is 471 g/mol. The fourth-order valence-electron chi connectivity index (χ4n) is 3.92. The van der Waals surface area contributed by atoms with E-state index in [4.69, 9.17) is 16.3 Å². The maximum atomic E-state index is 12.6. The van der Waals surface area contributed by atoms with E-state index in [2.05, 4.69) is 15.5 Å². The lowest BCUT2D eigenvalue weighted by Gasteiger charge is -2.22. The highest BCUT2D eigenvalue weighted by Crippen LogP contribution is 2.32. The van der Waals surface area contributed by atoms with E-state index in [9.17, 15) is 4.79 Å². The summed E-state index contributed by atoms with van der Waals surface area (Å²) in [6, 6.07) is 15.6.